The third-order valence-corrected chi connectivity index (χ3v) is 2.16. The van der Waals surface area contributed by atoms with E-state index >= 15 is 0 Å². The second kappa shape index (κ2) is 3.18. The van der Waals surface area contributed by atoms with Gasteiger partial charge in [-0.15, -0.1) is 0 Å². The minimum Gasteiger partial charge on any atom is -0.512 e. The van der Waals surface area contributed by atoms with Gasteiger partial charge in [-0.2, -0.15) is 0 Å². The van der Waals surface area contributed by atoms with Gasteiger partial charge in [0.15, 0.2) is 5.43 Å². The molecule has 0 aliphatic heterocycles. The number of H-pyrrole nitrogens is 1. The molecule has 0 fully saturated rings. The highest BCUT2D eigenvalue weighted by atomic mass is 16.3. The smallest absolute Gasteiger partial charge is 0.189 e. The van der Waals surface area contributed by atoms with Crippen molar-refractivity contribution < 1.29 is 5.11 Å². The van der Waals surface area contributed by atoms with E-state index in [2.05, 4.69) is 4.98 Å². The van der Waals surface area contributed by atoms with Crippen molar-refractivity contribution in [3.63, 3.8) is 0 Å². The molecule has 1 aliphatic carbocycles. The van der Waals surface area contributed by atoms with Crippen molar-refractivity contribution >= 4 is 12.2 Å². The number of nitrogens with one attached hydrogen (secondary N) is 1. The molecule has 3 nitrogen and oxygen atoms in total. The molecule has 72 valence electrons. The number of hydrogen-bond donors (Lipinski definition) is 2. The summed E-state index contributed by atoms with van der Waals surface area (Å²) >= 11 is 0. The molecule has 0 amide bonds. The van der Waals surface area contributed by atoms with E-state index in [1.54, 1.807) is 24.3 Å². The Morgan fingerprint density at radius 2 is 2.29 bits per heavy atom. The summed E-state index contributed by atoms with van der Waals surface area (Å²) in [5, 5.41) is 9.41. The van der Waals surface area contributed by atoms with Crippen LogP contribution < -0.4 is 5.43 Å². The van der Waals surface area contributed by atoms with Crippen molar-refractivity contribution in [2.45, 2.75) is 13.3 Å². The van der Waals surface area contributed by atoms with Crippen LogP contribution in [-0.2, 0) is 0 Å². The molecule has 0 spiro atoms. The van der Waals surface area contributed by atoms with Crippen LogP contribution in [-0.4, -0.2) is 10.1 Å². The average Bonchev–Trinajstić information content (AvgIpc) is 2.25. The first kappa shape index (κ1) is 8.81. The van der Waals surface area contributed by atoms with E-state index < -0.39 is 0 Å². The lowest BCUT2D eigenvalue weighted by Crippen LogP contribution is -2.08. The fraction of sp³-hybridized carbons (Fsp3) is 0.182. The predicted molar refractivity (Wildman–Crippen MR) is 56.1 cm³/mol. The Hall–Kier alpha value is -1.77. The van der Waals surface area contributed by atoms with Crippen molar-refractivity contribution in [3.8, 4) is 0 Å². The minimum atomic E-state index is -0.0153. The second-order valence-electron chi connectivity index (χ2n) is 3.39. The summed E-state index contributed by atoms with van der Waals surface area (Å²) in [4.78, 5) is 14.6. The third-order valence-electron chi connectivity index (χ3n) is 2.16. The Morgan fingerprint density at radius 1 is 1.50 bits per heavy atom. The molecule has 0 aromatic carbocycles. The Morgan fingerprint density at radius 3 is 3.07 bits per heavy atom. The third kappa shape index (κ3) is 1.48. The van der Waals surface area contributed by atoms with Crippen LogP contribution in [0.3, 0.4) is 0 Å². The normalized spacial score (nSPS) is 14.5. The molecule has 0 saturated heterocycles. The van der Waals surface area contributed by atoms with Crippen molar-refractivity contribution in [2.24, 2.45) is 0 Å². The summed E-state index contributed by atoms with van der Waals surface area (Å²) in [6.45, 7) is 1.82. The number of aromatic amines is 1. The fourth-order valence-corrected chi connectivity index (χ4v) is 1.53. The van der Waals surface area contributed by atoms with E-state index in [1.165, 1.54) is 0 Å². The zero-order valence-electron chi connectivity index (χ0n) is 7.87. The van der Waals surface area contributed by atoms with Crippen molar-refractivity contribution in [2.75, 3.05) is 0 Å². The molecule has 0 unspecified atom stereocenters. The van der Waals surface area contributed by atoms with Gasteiger partial charge in [0.2, 0.25) is 0 Å². The summed E-state index contributed by atoms with van der Waals surface area (Å²) in [7, 11) is 0. The second-order valence-corrected chi connectivity index (χ2v) is 3.39. The van der Waals surface area contributed by atoms with Gasteiger partial charge in [-0.05, 0) is 6.92 Å². The zero-order chi connectivity index (χ0) is 10.1. The van der Waals surface area contributed by atoms with Gasteiger partial charge in [0.25, 0.3) is 0 Å². The van der Waals surface area contributed by atoms with E-state index in [9.17, 15) is 9.90 Å². The van der Waals surface area contributed by atoms with Crippen molar-refractivity contribution in [3.05, 3.63) is 45.1 Å². The number of allylic oxidation sites excluding steroid dienone is 1. The Bertz CT molecular complexity index is 481. The molecule has 1 heterocycles. The molecule has 1 aromatic rings. The van der Waals surface area contributed by atoms with Crippen LogP contribution >= 0.6 is 0 Å². The standard InChI is InChI=1S/C11H11NO2/c1-7-5-11(14)9-4-2-3-8(13)6-10(9)12-7/h2,4-6,13H,3H2,1H3,(H,12,14). The van der Waals surface area contributed by atoms with Gasteiger partial charge < -0.3 is 10.1 Å². The van der Waals surface area contributed by atoms with Crippen LogP contribution in [0.15, 0.2) is 22.7 Å². The lowest BCUT2D eigenvalue weighted by molar-refractivity contribution is 0.407. The molecule has 1 aromatic heterocycles. The van der Waals surface area contributed by atoms with Gasteiger partial charge in [-0.3, -0.25) is 4.79 Å². The number of pyridine rings is 1. The summed E-state index contributed by atoms with van der Waals surface area (Å²) in [5.74, 6) is 0.265. The SMILES string of the molecule is Cc1cc(=O)c2c([nH]1)C=C(O)CC=C2. The zero-order valence-corrected chi connectivity index (χ0v) is 7.87. The quantitative estimate of drug-likeness (QED) is 0.655. The van der Waals surface area contributed by atoms with E-state index in [-0.39, 0.29) is 11.2 Å². The number of rotatable bonds is 0. The maximum absolute atomic E-state index is 11.6. The van der Waals surface area contributed by atoms with E-state index in [0.29, 0.717) is 17.7 Å². The lowest BCUT2D eigenvalue weighted by atomic mass is 10.1. The molecule has 0 atom stereocenters. The minimum absolute atomic E-state index is 0.0153. The monoisotopic (exact) mass is 189 g/mol. The number of aliphatic hydroxyl groups excluding tert-OH is 1. The molecule has 0 saturated carbocycles. The molecule has 1 aliphatic rings. The number of aryl methyl sites for hydroxylation is 1. The molecule has 0 radical (unpaired) electrons. The van der Waals surface area contributed by atoms with E-state index in [0.717, 1.165) is 5.69 Å². The van der Waals surface area contributed by atoms with Gasteiger partial charge in [0.05, 0.1) is 11.5 Å². The maximum Gasteiger partial charge on any atom is 0.189 e. The van der Waals surface area contributed by atoms with E-state index in [4.69, 9.17) is 0 Å². The van der Waals surface area contributed by atoms with Gasteiger partial charge in [0, 0.05) is 29.8 Å². The highest BCUT2D eigenvalue weighted by Gasteiger charge is 2.07. The first-order chi connectivity index (χ1) is 6.66. The highest BCUT2D eigenvalue weighted by molar-refractivity contribution is 5.65. The van der Waals surface area contributed by atoms with Crippen LogP contribution in [0, 0.1) is 6.92 Å². The summed E-state index contributed by atoms with van der Waals surface area (Å²) in [6, 6.07) is 1.55. The number of hydrogen-bond acceptors (Lipinski definition) is 2. The Kier molecular flexibility index (Phi) is 2.00. The van der Waals surface area contributed by atoms with Crippen LogP contribution in [0.25, 0.3) is 12.2 Å². The van der Waals surface area contributed by atoms with Crippen LogP contribution in [0.1, 0.15) is 23.4 Å². The summed E-state index contributed by atoms with van der Waals surface area (Å²) in [6.07, 6.45) is 5.60. The van der Waals surface area contributed by atoms with Crippen LogP contribution in [0.4, 0.5) is 0 Å². The van der Waals surface area contributed by atoms with Gasteiger partial charge in [-0.1, -0.05) is 12.2 Å². The van der Waals surface area contributed by atoms with Crippen molar-refractivity contribution in [1.82, 2.24) is 4.98 Å². The topological polar surface area (TPSA) is 53.1 Å². The Balaban J connectivity index is 2.74. The average molecular weight is 189 g/mol. The molecule has 2 N–H and O–H groups in total. The van der Waals surface area contributed by atoms with Crippen LogP contribution in [0.2, 0.25) is 0 Å². The molecule has 3 heteroatoms. The Labute approximate surface area is 81.4 Å². The summed E-state index contributed by atoms with van der Waals surface area (Å²) in [5.41, 5.74) is 2.08. The number of aliphatic hydroxyl groups is 1. The van der Waals surface area contributed by atoms with E-state index in [1.807, 2.05) is 6.92 Å². The molecule has 0 bridgehead atoms. The van der Waals surface area contributed by atoms with Crippen molar-refractivity contribution in [1.29, 1.82) is 0 Å². The molecular formula is C11H11NO2. The molecule has 2 rings (SSSR count). The number of fused-ring (bicyclic) bond motifs is 1. The fourth-order valence-electron chi connectivity index (χ4n) is 1.53. The van der Waals surface area contributed by atoms with Crippen LogP contribution in [0.5, 0.6) is 0 Å². The van der Waals surface area contributed by atoms with Gasteiger partial charge >= 0.3 is 0 Å². The first-order valence-corrected chi connectivity index (χ1v) is 4.47. The number of aromatic nitrogens is 1. The predicted octanol–water partition coefficient (Wildman–Crippen LogP) is 2.00. The first-order valence-electron chi connectivity index (χ1n) is 4.47. The summed E-state index contributed by atoms with van der Waals surface area (Å²) < 4.78 is 0. The largest absolute Gasteiger partial charge is 0.512 e. The van der Waals surface area contributed by atoms with Gasteiger partial charge in [0.1, 0.15) is 0 Å². The van der Waals surface area contributed by atoms with Gasteiger partial charge in [-0.25, -0.2) is 0 Å². The molecule has 14 heavy (non-hydrogen) atoms. The molecular weight excluding hydrogens is 178 g/mol. The highest BCUT2D eigenvalue weighted by Crippen LogP contribution is 2.15. The lowest BCUT2D eigenvalue weighted by Gasteiger charge is -2.01. The maximum atomic E-state index is 11.6.